The van der Waals surface area contributed by atoms with Gasteiger partial charge in [-0.1, -0.05) is 0 Å². The third-order valence-electron chi connectivity index (χ3n) is 6.91. The summed E-state index contributed by atoms with van der Waals surface area (Å²) in [6.07, 6.45) is 0.723. The van der Waals surface area contributed by atoms with Gasteiger partial charge in [0.25, 0.3) is 5.91 Å². The summed E-state index contributed by atoms with van der Waals surface area (Å²) in [4.78, 5) is 43.0. The van der Waals surface area contributed by atoms with Crippen LogP contribution in [0.2, 0.25) is 0 Å². The number of thiazole rings is 1. The SMILES string of the molecule is COc1cnc2c(-c3nc4cc(F)c(O[C@@H](C)[C@@H](C)N(C(=O)O)c5ccc(C(=O)NCCO)nc5)cc4s3)cc(C)cc2n1. The molecule has 0 aliphatic rings. The Hall–Kier alpha value is -4.95. The van der Waals surface area contributed by atoms with E-state index in [2.05, 4.69) is 25.3 Å². The van der Waals surface area contributed by atoms with E-state index in [1.54, 1.807) is 19.9 Å². The molecule has 2 atom stereocenters. The molecule has 0 saturated carbocycles. The van der Waals surface area contributed by atoms with E-state index >= 15 is 4.39 Å². The van der Waals surface area contributed by atoms with Gasteiger partial charge in [-0.05, 0) is 50.6 Å². The number of hydrogen-bond acceptors (Lipinski definition) is 10. The number of methoxy groups -OCH3 is 1. The molecule has 44 heavy (non-hydrogen) atoms. The smallest absolute Gasteiger partial charge is 0.412 e. The molecule has 0 bridgehead atoms. The molecule has 12 nitrogen and oxygen atoms in total. The Labute approximate surface area is 255 Å². The van der Waals surface area contributed by atoms with E-state index in [1.165, 1.54) is 49.0 Å². The maximum absolute atomic E-state index is 15.3. The molecule has 228 valence electrons. The molecule has 3 N–H and O–H groups in total. The van der Waals surface area contributed by atoms with Crippen molar-refractivity contribution in [1.29, 1.82) is 0 Å². The Morgan fingerprint density at radius 3 is 2.57 bits per heavy atom. The molecule has 14 heteroatoms. The van der Waals surface area contributed by atoms with Gasteiger partial charge in [0.05, 0.1) is 59.1 Å². The van der Waals surface area contributed by atoms with E-state index in [4.69, 9.17) is 14.6 Å². The third kappa shape index (κ3) is 6.21. The molecule has 3 aromatic heterocycles. The lowest BCUT2D eigenvalue weighted by molar-refractivity contribution is 0.0939. The number of rotatable bonds is 10. The number of carbonyl (C=O) groups excluding carboxylic acids is 1. The number of aliphatic hydroxyl groups excluding tert-OH is 1. The molecule has 0 unspecified atom stereocenters. The Balaban J connectivity index is 1.39. The molecule has 5 aromatic rings. The summed E-state index contributed by atoms with van der Waals surface area (Å²) in [7, 11) is 1.52. The Morgan fingerprint density at radius 2 is 1.89 bits per heavy atom. The predicted molar refractivity (Wildman–Crippen MR) is 163 cm³/mol. The minimum Gasteiger partial charge on any atom is -0.485 e. The molecule has 0 aliphatic heterocycles. The van der Waals surface area contributed by atoms with Crippen molar-refractivity contribution >= 4 is 50.3 Å². The van der Waals surface area contributed by atoms with Crippen LogP contribution >= 0.6 is 11.3 Å². The second kappa shape index (κ2) is 12.7. The number of aliphatic hydroxyl groups is 1. The highest BCUT2D eigenvalue weighted by atomic mass is 32.1. The fraction of sp³-hybridized carbons (Fsp3) is 0.267. The number of anilines is 1. The van der Waals surface area contributed by atoms with Crippen LogP contribution in [0.25, 0.3) is 31.8 Å². The molecule has 2 amide bonds. The number of carboxylic acid groups (broad SMARTS) is 1. The zero-order chi connectivity index (χ0) is 31.5. The van der Waals surface area contributed by atoms with Gasteiger partial charge in [-0.25, -0.2) is 29.1 Å². The summed E-state index contributed by atoms with van der Waals surface area (Å²) in [6, 6.07) is 8.73. The number of nitrogens with zero attached hydrogens (tertiary/aromatic N) is 5. The van der Waals surface area contributed by atoms with Crippen LogP contribution in [0.1, 0.15) is 29.9 Å². The topological polar surface area (TPSA) is 160 Å². The molecule has 0 radical (unpaired) electrons. The molecule has 0 saturated heterocycles. The number of carbonyl (C=O) groups is 2. The van der Waals surface area contributed by atoms with Crippen LogP contribution in [-0.2, 0) is 0 Å². The van der Waals surface area contributed by atoms with Crippen molar-refractivity contribution in [2.45, 2.75) is 32.9 Å². The van der Waals surface area contributed by atoms with E-state index < -0.39 is 30.0 Å². The first-order valence-electron chi connectivity index (χ1n) is 13.5. The Bertz CT molecular complexity index is 1850. The van der Waals surface area contributed by atoms with Crippen LogP contribution in [0.5, 0.6) is 11.6 Å². The van der Waals surface area contributed by atoms with Crippen LogP contribution in [0.3, 0.4) is 0 Å². The molecule has 3 heterocycles. The van der Waals surface area contributed by atoms with Crippen molar-refractivity contribution < 1.29 is 33.7 Å². The number of hydrogen-bond donors (Lipinski definition) is 3. The normalized spacial score (nSPS) is 12.6. The summed E-state index contributed by atoms with van der Waals surface area (Å²) < 4.78 is 27.1. The first-order valence-corrected chi connectivity index (χ1v) is 14.4. The van der Waals surface area contributed by atoms with Gasteiger partial charge in [0, 0.05) is 24.2 Å². The summed E-state index contributed by atoms with van der Waals surface area (Å²) in [5, 5.41) is 22.0. The van der Waals surface area contributed by atoms with E-state index in [9.17, 15) is 14.7 Å². The highest BCUT2D eigenvalue weighted by molar-refractivity contribution is 7.21. The number of aromatic nitrogens is 4. The predicted octanol–water partition coefficient (Wildman–Crippen LogP) is 4.82. The molecule has 0 spiro atoms. The molecule has 0 aliphatic carbocycles. The van der Waals surface area contributed by atoms with E-state index in [-0.39, 0.29) is 30.3 Å². The van der Waals surface area contributed by atoms with Gasteiger partial charge in [-0.3, -0.25) is 9.69 Å². The van der Waals surface area contributed by atoms with Crippen molar-refractivity contribution in [2.75, 3.05) is 25.2 Å². The molecular weight excluding hydrogens is 591 g/mol. The average molecular weight is 621 g/mol. The summed E-state index contributed by atoms with van der Waals surface area (Å²) in [6.45, 7) is 5.04. The number of halogens is 1. The zero-order valence-corrected chi connectivity index (χ0v) is 25.1. The van der Waals surface area contributed by atoms with E-state index in [1.807, 2.05) is 19.1 Å². The maximum Gasteiger partial charge on any atom is 0.412 e. The highest BCUT2D eigenvalue weighted by Crippen LogP contribution is 2.37. The van der Waals surface area contributed by atoms with Crippen molar-refractivity contribution in [3.8, 4) is 22.2 Å². The summed E-state index contributed by atoms with van der Waals surface area (Å²) in [5.74, 6) is -0.807. The van der Waals surface area contributed by atoms with Gasteiger partial charge in [0.15, 0.2) is 11.6 Å². The minimum atomic E-state index is -1.28. The number of benzene rings is 2. The largest absolute Gasteiger partial charge is 0.485 e. The van der Waals surface area contributed by atoms with Crippen LogP contribution in [0.15, 0.2) is 48.8 Å². The number of nitrogens with one attached hydrogen (secondary N) is 1. The fourth-order valence-electron chi connectivity index (χ4n) is 4.60. The molecular formula is C30H29FN6O6S. The van der Waals surface area contributed by atoms with Gasteiger partial charge in [-0.2, -0.15) is 0 Å². The maximum atomic E-state index is 15.3. The molecule has 2 aromatic carbocycles. The van der Waals surface area contributed by atoms with Gasteiger partial charge in [-0.15, -0.1) is 11.3 Å². The van der Waals surface area contributed by atoms with Crippen LogP contribution in [-0.4, -0.2) is 74.6 Å². The average Bonchev–Trinajstić information content (AvgIpc) is 3.41. The number of pyridine rings is 1. The van der Waals surface area contributed by atoms with Crippen molar-refractivity contribution in [3.63, 3.8) is 0 Å². The van der Waals surface area contributed by atoms with E-state index in [0.29, 0.717) is 32.1 Å². The lowest BCUT2D eigenvalue weighted by Crippen LogP contribution is -2.46. The molecule has 5 rings (SSSR count). The van der Waals surface area contributed by atoms with Crippen molar-refractivity contribution in [2.24, 2.45) is 0 Å². The molecule has 0 fully saturated rings. The van der Waals surface area contributed by atoms with Crippen molar-refractivity contribution in [1.82, 2.24) is 25.3 Å². The number of ether oxygens (including phenoxy) is 2. The quantitative estimate of drug-likeness (QED) is 0.198. The zero-order valence-electron chi connectivity index (χ0n) is 24.2. The van der Waals surface area contributed by atoms with Crippen molar-refractivity contribution in [3.05, 3.63) is 65.9 Å². The van der Waals surface area contributed by atoms with Crippen LogP contribution < -0.4 is 19.7 Å². The van der Waals surface area contributed by atoms with Gasteiger partial charge in [0.2, 0.25) is 5.88 Å². The van der Waals surface area contributed by atoms with Gasteiger partial charge in [0.1, 0.15) is 16.8 Å². The summed E-state index contributed by atoms with van der Waals surface area (Å²) in [5.41, 5.74) is 3.69. The fourth-order valence-corrected chi connectivity index (χ4v) is 5.59. The lowest BCUT2D eigenvalue weighted by Gasteiger charge is -2.31. The third-order valence-corrected chi connectivity index (χ3v) is 7.96. The highest BCUT2D eigenvalue weighted by Gasteiger charge is 2.29. The van der Waals surface area contributed by atoms with Gasteiger partial charge < -0.3 is 25.0 Å². The lowest BCUT2D eigenvalue weighted by atomic mass is 10.1. The Kier molecular flexibility index (Phi) is 8.83. The second-order valence-electron chi connectivity index (χ2n) is 9.96. The first kappa shape index (κ1) is 30.5. The van der Waals surface area contributed by atoms with Gasteiger partial charge >= 0.3 is 6.09 Å². The summed E-state index contributed by atoms with van der Waals surface area (Å²) >= 11 is 1.34. The van der Waals surface area contributed by atoms with Crippen LogP contribution in [0.4, 0.5) is 14.9 Å². The van der Waals surface area contributed by atoms with Crippen LogP contribution in [0, 0.1) is 12.7 Å². The number of fused-ring (bicyclic) bond motifs is 2. The second-order valence-corrected chi connectivity index (χ2v) is 11.0. The Morgan fingerprint density at radius 1 is 1.09 bits per heavy atom. The monoisotopic (exact) mass is 620 g/mol. The first-order chi connectivity index (χ1) is 21.1. The minimum absolute atomic E-state index is 0.0509. The standard InChI is InChI=1S/C30H29FN6O6S/c1-15-9-19(27-23(10-15)35-26(42-4)14-34-27)29-36-22-11-20(31)24(12-25(22)44-29)43-17(3)16(2)37(30(40)41)18-5-6-21(33-13-18)28(39)32-7-8-38/h5-6,9-14,16-17,38H,7-8H2,1-4H3,(H,32,39)(H,40,41)/t16-,17+/m1/s1. The number of amides is 2. The van der Waals surface area contributed by atoms with E-state index in [0.717, 1.165) is 16.0 Å². The number of aryl methyl sites for hydroxylation is 1.